The summed E-state index contributed by atoms with van der Waals surface area (Å²) >= 11 is 2.16. The van der Waals surface area contributed by atoms with Gasteiger partial charge >= 0.3 is 200 Å². The van der Waals surface area contributed by atoms with E-state index in [9.17, 15) is 0 Å². The molecule has 5 nitrogen and oxygen atoms in total. The first-order valence-electron chi connectivity index (χ1n) is 16.8. The quantitative estimate of drug-likeness (QED) is 0.168. The molecule has 0 amide bonds. The normalized spacial score (nSPS) is 16.5. The van der Waals surface area contributed by atoms with Crippen LogP contribution < -0.4 is 4.74 Å². The van der Waals surface area contributed by atoms with E-state index >= 15 is 0 Å². The summed E-state index contributed by atoms with van der Waals surface area (Å²) in [6, 6.07) is 35.6. The molecule has 0 bridgehead atoms. The first kappa shape index (κ1) is 25.0. The summed E-state index contributed by atoms with van der Waals surface area (Å²) in [5.74, 6) is 2.03. The van der Waals surface area contributed by atoms with E-state index in [4.69, 9.17) is 13.8 Å². The number of aromatic nitrogens is 4. The number of imidazole rings is 1. The van der Waals surface area contributed by atoms with Crippen LogP contribution in [0.1, 0.15) is 60.5 Å². The van der Waals surface area contributed by atoms with Gasteiger partial charge in [-0.05, 0) is 29.2 Å². The van der Waals surface area contributed by atoms with Crippen molar-refractivity contribution in [2.24, 2.45) is 6.98 Å². The van der Waals surface area contributed by atoms with E-state index in [0.717, 1.165) is 58.0 Å². The summed E-state index contributed by atoms with van der Waals surface area (Å²) < 4.78 is 37.8. The maximum atomic E-state index is 8.27. The van der Waals surface area contributed by atoms with E-state index in [1.54, 1.807) is 0 Å². The van der Waals surface area contributed by atoms with Crippen molar-refractivity contribution in [3.8, 4) is 17.3 Å². The van der Waals surface area contributed by atoms with Crippen molar-refractivity contribution >= 4 is 32.8 Å². The molecule has 3 aromatic heterocycles. The zero-order valence-corrected chi connectivity index (χ0v) is 27.6. The Bertz CT molecular complexity index is 2430. The Balaban J connectivity index is 1.22. The van der Waals surface area contributed by atoms with Crippen LogP contribution >= 0.6 is 0 Å². The Kier molecular flexibility index (Phi) is 5.95. The summed E-state index contributed by atoms with van der Waals surface area (Å²) in [7, 11) is 0. The van der Waals surface area contributed by atoms with E-state index in [1.165, 1.54) is 15.7 Å². The Hall–Kier alpha value is -4.21. The van der Waals surface area contributed by atoms with Gasteiger partial charge in [0.1, 0.15) is 0 Å². The number of pyridine rings is 1. The van der Waals surface area contributed by atoms with E-state index in [-0.39, 0.29) is 11.5 Å². The molecule has 228 valence electrons. The Morgan fingerprint density at radius 1 is 0.889 bits per heavy atom. The SMILES string of the molecule is [2H]C([2H])([2H])n1[c](=[Pt])n(C2CCCc3ccc(Oc4[c-]c5c(cc4)c4ccccc4n5-c4cc(C(C)(C)C)ccn4)[c-]c32)c2ccccc21. The standard InChI is InChI=1S/C39H34N4O.Pt/c1-39(2,3)27-20-21-40-38(22-27)43-34-12-6-5-11-30(34)31-19-18-29(24-37(31)43)44-28-17-16-26-10-9-15-33(32(26)23-28)42-25-41(4)35-13-7-8-14-36(35)42;/h5-8,11-14,16-22,33H,9-10,15H2,1-4H3;/q-2;/i4D3;. The summed E-state index contributed by atoms with van der Waals surface area (Å²) in [5.41, 5.74) is 6.97. The minimum atomic E-state index is -2.30. The number of rotatable bonds is 4. The van der Waals surface area contributed by atoms with E-state index in [0.29, 0.717) is 20.8 Å². The van der Waals surface area contributed by atoms with Gasteiger partial charge in [0.2, 0.25) is 0 Å². The molecule has 4 aromatic carbocycles. The van der Waals surface area contributed by atoms with Gasteiger partial charge in [0.05, 0.1) is 0 Å². The second-order valence-electron chi connectivity index (χ2n) is 12.8. The second kappa shape index (κ2) is 10.7. The van der Waals surface area contributed by atoms with Crippen molar-refractivity contribution in [3.63, 3.8) is 0 Å². The van der Waals surface area contributed by atoms with Gasteiger partial charge in [0.15, 0.2) is 0 Å². The van der Waals surface area contributed by atoms with Crippen molar-refractivity contribution in [2.75, 3.05) is 0 Å². The van der Waals surface area contributed by atoms with Crippen LogP contribution in [0.5, 0.6) is 11.5 Å². The summed E-state index contributed by atoms with van der Waals surface area (Å²) in [4.78, 5) is 4.80. The first-order chi connectivity index (χ1) is 23.0. The van der Waals surface area contributed by atoms with Gasteiger partial charge in [-0.3, -0.25) is 0 Å². The van der Waals surface area contributed by atoms with Crippen molar-refractivity contribution in [1.29, 1.82) is 0 Å². The molecule has 0 fully saturated rings. The van der Waals surface area contributed by atoms with Gasteiger partial charge < -0.3 is 0 Å². The molecule has 1 unspecified atom stereocenters. The average molecular weight is 773 g/mol. The molecule has 0 saturated carbocycles. The molecular formula is C39H34N4OPt-2. The van der Waals surface area contributed by atoms with E-state index < -0.39 is 6.98 Å². The zero-order valence-electron chi connectivity index (χ0n) is 28.4. The summed E-state index contributed by atoms with van der Waals surface area (Å²) in [6.07, 6.45) is 4.70. The van der Waals surface area contributed by atoms with Gasteiger partial charge in [-0.25, -0.2) is 4.98 Å². The van der Waals surface area contributed by atoms with E-state index in [1.807, 2.05) is 42.6 Å². The number of hydrogen-bond donors (Lipinski definition) is 0. The number of nitrogens with zero attached hydrogens (tertiary/aromatic N) is 4. The molecule has 0 aliphatic heterocycles. The van der Waals surface area contributed by atoms with Crippen molar-refractivity contribution < 1.29 is 28.2 Å². The number of benzene rings is 4. The van der Waals surface area contributed by atoms with Crippen LogP contribution in [0.3, 0.4) is 0 Å². The third kappa shape index (κ3) is 4.71. The molecule has 0 saturated heterocycles. The molecule has 1 aliphatic carbocycles. The van der Waals surface area contributed by atoms with Gasteiger partial charge in [-0.15, -0.1) is 0 Å². The van der Waals surface area contributed by atoms with E-state index in [2.05, 4.69) is 110 Å². The predicted octanol–water partition coefficient (Wildman–Crippen LogP) is 9.17. The third-order valence-corrected chi connectivity index (χ3v) is 10.0. The number of fused-ring (bicyclic) bond motifs is 5. The predicted molar refractivity (Wildman–Crippen MR) is 177 cm³/mol. The number of para-hydroxylation sites is 3. The van der Waals surface area contributed by atoms with Gasteiger partial charge in [-0.1, -0.05) is 39.0 Å². The molecule has 1 aliphatic rings. The van der Waals surface area contributed by atoms with Crippen LogP contribution in [0.25, 0.3) is 38.7 Å². The molecule has 6 heteroatoms. The van der Waals surface area contributed by atoms with Crippen molar-refractivity contribution in [1.82, 2.24) is 18.7 Å². The fourth-order valence-corrected chi connectivity index (χ4v) is 7.62. The fraction of sp³-hybridized carbons (Fsp3) is 0.231. The molecule has 0 spiro atoms. The van der Waals surface area contributed by atoms with Crippen molar-refractivity contribution in [2.45, 2.75) is 51.5 Å². The van der Waals surface area contributed by atoms with Gasteiger partial charge in [0.25, 0.3) is 0 Å². The van der Waals surface area contributed by atoms with Crippen LogP contribution in [0.2, 0.25) is 0 Å². The van der Waals surface area contributed by atoms with Crippen LogP contribution in [-0.2, 0) is 38.2 Å². The summed E-state index contributed by atoms with van der Waals surface area (Å²) in [6.45, 7) is 4.33. The maximum absolute atomic E-state index is 8.27. The molecule has 1 atom stereocenters. The number of hydrogen-bond acceptors (Lipinski definition) is 2. The average Bonchev–Trinajstić information content (AvgIpc) is 3.55. The molecule has 3 heterocycles. The molecule has 0 N–H and O–H groups in total. The van der Waals surface area contributed by atoms with Crippen LogP contribution in [-0.4, -0.2) is 18.7 Å². The third-order valence-electron chi connectivity index (χ3n) is 8.96. The van der Waals surface area contributed by atoms with Crippen LogP contribution in [0, 0.1) is 15.9 Å². The van der Waals surface area contributed by atoms with Gasteiger partial charge in [0, 0.05) is 6.20 Å². The van der Waals surface area contributed by atoms with Crippen LogP contribution in [0.4, 0.5) is 0 Å². The van der Waals surface area contributed by atoms with Crippen LogP contribution in [0.15, 0.2) is 91.1 Å². The molecule has 7 aromatic rings. The Morgan fingerprint density at radius 2 is 1.64 bits per heavy atom. The molecule has 0 radical (unpaired) electrons. The molecule has 45 heavy (non-hydrogen) atoms. The van der Waals surface area contributed by atoms with Crippen molar-refractivity contribution in [3.05, 3.63) is 124 Å². The monoisotopic (exact) mass is 772 g/mol. The second-order valence-corrected chi connectivity index (χ2v) is 13.8. The minimum absolute atomic E-state index is 0.0212. The number of ether oxygens (including phenoxy) is 1. The molecular weight excluding hydrogens is 736 g/mol. The Morgan fingerprint density at radius 3 is 2.47 bits per heavy atom. The topological polar surface area (TPSA) is 36.9 Å². The fourth-order valence-electron chi connectivity index (χ4n) is 6.72. The first-order valence-corrected chi connectivity index (χ1v) is 16.5. The Labute approximate surface area is 278 Å². The zero-order chi connectivity index (χ0) is 33.4. The summed E-state index contributed by atoms with van der Waals surface area (Å²) in [5, 5.41) is 2.21. The van der Waals surface area contributed by atoms with Gasteiger partial charge in [-0.2, -0.15) is 0 Å². The number of aryl methyl sites for hydroxylation is 2. The molecule has 8 rings (SSSR count).